The number of carboxylic acid groups (broad SMARTS) is 1. The number of carbonyl (C=O) groups excluding carboxylic acids is 1. The van der Waals surface area contributed by atoms with E-state index in [1.807, 2.05) is 6.92 Å². The number of rotatable bonds is 3. The monoisotopic (exact) mass is 310 g/mol. The lowest BCUT2D eigenvalue weighted by molar-refractivity contribution is 0.0697. The zero-order chi connectivity index (χ0) is 15.5. The van der Waals surface area contributed by atoms with Crippen molar-refractivity contribution in [3.8, 4) is 0 Å². The first-order valence-electron chi connectivity index (χ1n) is 7.02. The molecule has 1 aliphatic carbocycles. The average molecular weight is 311 g/mol. The van der Waals surface area contributed by atoms with Crippen molar-refractivity contribution in [2.24, 2.45) is 0 Å². The summed E-state index contributed by atoms with van der Waals surface area (Å²) in [7, 11) is 0. The van der Waals surface area contributed by atoms with Crippen LogP contribution in [0.2, 0.25) is 5.02 Å². The normalized spacial score (nSPS) is 17.0. The molecule has 114 valence electrons. The maximum Gasteiger partial charge on any atom is 0.335 e. The Labute approximate surface area is 128 Å². The van der Waals surface area contributed by atoms with Gasteiger partial charge in [0.05, 0.1) is 16.3 Å². The van der Waals surface area contributed by atoms with Gasteiger partial charge in [0.2, 0.25) is 0 Å². The Balaban J connectivity index is 2.05. The van der Waals surface area contributed by atoms with E-state index in [0.717, 1.165) is 25.7 Å². The van der Waals surface area contributed by atoms with E-state index in [2.05, 4.69) is 10.6 Å². The quantitative estimate of drug-likeness (QED) is 0.792. The van der Waals surface area contributed by atoms with Crippen molar-refractivity contribution in [3.05, 3.63) is 28.8 Å². The fraction of sp³-hybridized carbons (Fsp3) is 0.467. The molecule has 0 unspecified atom stereocenters. The highest BCUT2D eigenvalue weighted by molar-refractivity contribution is 6.33. The fourth-order valence-electron chi connectivity index (χ4n) is 2.64. The van der Waals surface area contributed by atoms with E-state index in [0.29, 0.717) is 10.7 Å². The van der Waals surface area contributed by atoms with Crippen molar-refractivity contribution < 1.29 is 14.7 Å². The molecule has 2 rings (SSSR count). The topological polar surface area (TPSA) is 78.4 Å². The number of carbonyl (C=O) groups is 2. The lowest BCUT2D eigenvalue weighted by atomic mass is 9.83. The molecule has 0 spiro atoms. The van der Waals surface area contributed by atoms with Gasteiger partial charge < -0.3 is 15.7 Å². The summed E-state index contributed by atoms with van der Waals surface area (Å²) in [5, 5.41) is 14.9. The Morgan fingerprint density at radius 3 is 2.52 bits per heavy atom. The molecule has 0 atom stereocenters. The second-order valence-electron chi connectivity index (χ2n) is 5.70. The molecule has 1 fully saturated rings. The first-order valence-corrected chi connectivity index (χ1v) is 7.39. The zero-order valence-electron chi connectivity index (χ0n) is 11.9. The van der Waals surface area contributed by atoms with Crippen LogP contribution in [-0.2, 0) is 0 Å². The fourth-order valence-corrected chi connectivity index (χ4v) is 2.80. The van der Waals surface area contributed by atoms with Crippen LogP contribution in [0.1, 0.15) is 49.4 Å². The van der Waals surface area contributed by atoms with E-state index in [4.69, 9.17) is 16.7 Å². The van der Waals surface area contributed by atoms with E-state index in [9.17, 15) is 9.59 Å². The Morgan fingerprint density at radius 2 is 1.90 bits per heavy atom. The highest BCUT2D eigenvalue weighted by atomic mass is 35.5. The van der Waals surface area contributed by atoms with Gasteiger partial charge in [0, 0.05) is 5.54 Å². The van der Waals surface area contributed by atoms with E-state index in [1.54, 1.807) is 0 Å². The first kappa shape index (κ1) is 15.6. The number of nitrogens with one attached hydrogen (secondary N) is 2. The Kier molecular flexibility index (Phi) is 4.73. The standard InChI is InChI=1S/C15H19ClN2O3/c1-15(7-3-2-4-8-15)18-14(21)17-12-9-10(13(19)20)5-6-11(12)16/h5-6,9H,2-4,7-8H2,1H3,(H,19,20)(H2,17,18,21). The third kappa shape index (κ3) is 4.11. The Bertz CT molecular complexity index is 554. The third-order valence-electron chi connectivity index (χ3n) is 3.83. The summed E-state index contributed by atoms with van der Waals surface area (Å²) in [4.78, 5) is 23.0. The van der Waals surface area contributed by atoms with E-state index < -0.39 is 5.97 Å². The predicted molar refractivity (Wildman–Crippen MR) is 82.1 cm³/mol. The maximum atomic E-state index is 12.1. The molecule has 1 aromatic rings. The number of carboxylic acids is 1. The minimum Gasteiger partial charge on any atom is -0.478 e. The van der Waals surface area contributed by atoms with Gasteiger partial charge in [0.15, 0.2) is 0 Å². The van der Waals surface area contributed by atoms with Crippen LogP contribution in [0.4, 0.5) is 10.5 Å². The summed E-state index contributed by atoms with van der Waals surface area (Å²) >= 11 is 5.99. The second-order valence-corrected chi connectivity index (χ2v) is 6.11. The molecule has 6 heteroatoms. The molecule has 0 radical (unpaired) electrons. The lowest BCUT2D eigenvalue weighted by Crippen LogP contribution is -2.48. The van der Waals surface area contributed by atoms with Crippen molar-refractivity contribution in [2.75, 3.05) is 5.32 Å². The number of aromatic carboxylic acids is 1. The molecule has 0 heterocycles. The van der Waals surface area contributed by atoms with Gasteiger partial charge in [-0.1, -0.05) is 30.9 Å². The summed E-state index contributed by atoms with van der Waals surface area (Å²) in [6.07, 6.45) is 5.30. The van der Waals surface area contributed by atoms with Gasteiger partial charge in [-0.2, -0.15) is 0 Å². The molecule has 0 aromatic heterocycles. The van der Waals surface area contributed by atoms with Gasteiger partial charge in [0.25, 0.3) is 0 Å². The smallest absolute Gasteiger partial charge is 0.335 e. The molecule has 1 saturated carbocycles. The third-order valence-corrected chi connectivity index (χ3v) is 4.16. The molecule has 21 heavy (non-hydrogen) atoms. The van der Waals surface area contributed by atoms with Crippen LogP contribution >= 0.6 is 11.6 Å². The first-order chi connectivity index (χ1) is 9.89. The molecule has 3 N–H and O–H groups in total. The van der Waals surface area contributed by atoms with Crippen molar-refractivity contribution in [1.82, 2.24) is 5.32 Å². The maximum absolute atomic E-state index is 12.1. The van der Waals surface area contributed by atoms with Gasteiger partial charge in [-0.05, 0) is 38.0 Å². The second kappa shape index (κ2) is 6.35. The molecule has 1 aliphatic rings. The van der Waals surface area contributed by atoms with Crippen molar-refractivity contribution in [1.29, 1.82) is 0 Å². The lowest BCUT2D eigenvalue weighted by Gasteiger charge is -2.34. The minimum atomic E-state index is -1.06. The number of amides is 2. The Hall–Kier alpha value is -1.75. The highest BCUT2D eigenvalue weighted by Gasteiger charge is 2.28. The van der Waals surface area contributed by atoms with Crippen LogP contribution in [0.25, 0.3) is 0 Å². The molecule has 2 amide bonds. The zero-order valence-corrected chi connectivity index (χ0v) is 12.7. The van der Waals surface area contributed by atoms with Gasteiger partial charge >= 0.3 is 12.0 Å². The molecular weight excluding hydrogens is 292 g/mol. The molecule has 1 aromatic carbocycles. The van der Waals surface area contributed by atoms with Crippen LogP contribution in [0.15, 0.2) is 18.2 Å². The average Bonchev–Trinajstić information content (AvgIpc) is 2.41. The van der Waals surface area contributed by atoms with E-state index in [1.165, 1.54) is 24.6 Å². The number of urea groups is 1. The molecule has 0 aliphatic heterocycles. The van der Waals surface area contributed by atoms with Crippen molar-refractivity contribution >= 4 is 29.3 Å². The van der Waals surface area contributed by atoms with Crippen LogP contribution < -0.4 is 10.6 Å². The number of benzene rings is 1. The summed E-state index contributed by atoms with van der Waals surface area (Å²) in [5.74, 6) is -1.06. The molecular formula is C15H19ClN2O3. The van der Waals surface area contributed by atoms with Crippen LogP contribution in [0, 0.1) is 0 Å². The molecule has 0 bridgehead atoms. The van der Waals surface area contributed by atoms with Gasteiger partial charge in [-0.15, -0.1) is 0 Å². The molecule has 5 nitrogen and oxygen atoms in total. The largest absolute Gasteiger partial charge is 0.478 e. The summed E-state index contributed by atoms with van der Waals surface area (Å²) in [6.45, 7) is 2.03. The summed E-state index contributed by atoms with van der Waals surface area (Å²) in [6, 6.07) is 3.86. The Morgan fingerprint density at radius 1 is 1.24 bits per heavy atom. The highest BCUT2D eigenvalue weighted by Crippen LogP contribution is 2.28. The minimum absolute atomic E-state index is 0.0820. The SMILES string of the molecule is CC1(NC(=O)Nc2cc(C(=O)O)ccc2Cl)CCCCC1. The van der Waals surface area contributed by atoms with E-state index >= 15 is 0 Å². The summed E-state index contributed by atoms with van der Waals surface area (Å²) < 4.78 is 0. The number of halogens is 1. The van der Waals surface area contributed by atoms with Crippen molar-refractivity contribution in [3.63, 3.8) is 0 Å². The van der Waals surface area contributed by atoms with Crippen LogP contribution in [0.5, 0.6) is 0 Å². The number of hydrogen-bond acceptors (Lipinski definition) is 2. The predicted octanol–water partition coefficient (Wildman–Crippen LogP) is 3.88. The number of anilines is 1. The van der Waals surface area contributed by atoms with E-state index in [-0.39, 0.29) is 17.1 Å². The van der Waals surface area contributed by atoms with Crippen molar-refractivity contribution in [2.45, 2.75) is 44.6 Å². The van der Waals surface area contributed by atoms with Gasteiger partial charge in [0.1, 0.15) is 0 Å². The van der Waals surface area contributed by atoms with Gasteiger partial charge in [-0.3, -0.25) is 0 Å². The van der Waals surface area contributed by atoms with Crippen LogP contribution in [-0.4, -0.2) is 22.6 Å². The summed E-state index contributed by atoms with van der Waals surface area (Å²) in [5.41, 5.74) is 0.172. The molecule has 0 saturated heterocycles. The van der Waals surface area contributed by atoms with Gasteiger partial charge in [-0.25, -0.2) is 9.59 Å². The van der Waals surface area contributed by atoms with Crippen LogP contribution in [0.3, 0.4) is 0 Å². The number of hydrogen-bond donors (Lipinski definition) is 3.